The van der Waals surface area contributed by atoms with Crippen LogP contribution in [0.2, 0.25) is 5.02 Å². The van der Waals surface area contributed by atoms with E-state index in [0.717, 1.165) is 0 Å². The number of esters is 1. The fourth-order valence-electron chi connectivity index (χ4n) is 1.18. The molecule has 0 atom stereocenters. The number of carbonyl (C=O) groups excluding carboxylic acids is 2. The summed E-state index contributed by atoms with van der Waals surface area (Å²) < 4.78 is 4.52. The van der Waals surface area contributed by atoms with Crippen molar-refractivity contribution in [2.24, 2.45) is 0 Å². The van der Waals surface area contributed by atoms with Crippen LogP contribution >= 0.6 is 11.6 Å². The zero-order valence-corrected chi connectivity index (χ0v) is 9.75. The normalized spacial score (nSPS) is 11.1. The van der Waals surface area contributed by atoms with Crippen molar-refractivity contribution < 1.29 is 14.3 Å². The first kappa shape index (κ1) is 12.5. The predicted molar refractivity (Wildman–Crippen MR) is 62.1 cm³/mol. The number of ketones is 1. The average molecular weight is 239 g/mol. The van der Waals surface area contributed by atoms with Crippen LogP contribution in [0.15, 0.2) is 29.8 Å². The van der Waals surface area contributed by atoms with Crippen LogP contribution in [0.25, 0.3) is 6.08 Å². The molecule has 0 saturated carbocycles. The Morgan fingerprint density at radius 3 is 2.56 bits per heavy atom. The van der Waals surface area contributed by atoms with Crippen LogP contribution in [0.3, 0.4) is 0 Å². The summed E-state index contributed by atoms with van der Waals surface area (Å²) in [4.78, 5) is 22.5. The highest BCUT2D eigenvalue weighted by Gasteiger charge is 2.14. The molecular formula is C12H11ClO3. The van der Waals surface area contributed by atoms with Gasteiger partial charge < -0.3 is 4.74 Å². The van der Waals surface area contributed by atoms with Crippen molar-refractivity contribution in [3.63, 3.8) is 0 Å². The zero-order valence-electron chi connectivity index (χ0n) is 8.99. The Morgan fingerprint density at radius 2 is 2.06 bits per heavy atom. The third-order valence-corrected chi connectivity index (χ3v) is 2.18. The topological polar surface area (TPSA) is 43.4 Å². The third kappa shape index (κ3) is 3.21. The lowest BCUT2D eigenvalue weighted by molar-refractivity contribution is -0.137. The minimum absolute atomic E-state index is 0.00441. The number of benzene rings is 1. The number of hydrogen-bond acceptors (Lipinski definition) is 3. The van der Waals surface area contributed by atoms with Gasteiger partial charge in [-0.2, -0.15) is 0 Å². The van der Waals surface area contributed by atoms with Crippen molar-refractivity contribution >= 4 is 29.4 Å². The quantitative estimate of drug-likeness (QED) is 0.352. The average Bonchev–Trinajstić information content (AvgIpc) is 2.24. The molecule has 0 amide bonds. The van der Waals surface area contributed by atoms with Crippen LogP contribution in [-0.4, -0.2) is 18.9 Å². The van der Waals surface area contributed by atoms with Crippen molar-refractivity contribution in [2.75, 3.05) is 7.11 Å². The smallest absolute Gasteiger partial charge is 0.341 e. The number of halogens is 1. The number of rotatable bonds is 3. The minimum atomic E-state index is -0.646. The molecule has 3 nitrogen and oxygen atoms in total. The largest absolute Gasteiger partial charge is 0.465 e. The van der Waals surface area contributed by atoms with Gasteiger partial charge in [0.25, 0.3) is 0 Å². The molecule has 0 radical (unpaired) electrons. The summed E-state index contributed by atoms with van der Waals surface area (Å²) in [6.45, 7) is 1.31. The molecule has 0 N–H and O–H groups in total. The van der Waals surface area contributed by atoms with Gasteiger partial charge in [-0.15, -0.1) is 0 Å². The molecule has 1 aromatic carbocycles. The van der Waals surface area contributed by atoms with Gasteiger partial charge in [-0.25, -0.2) is 4.79 Å². The van der Waals surface area contributed by atoms with E-state index in [0.29, 0.717) is 10.6 Å². The summed E-state index contributed by atoms with van der Waals surface area (Å²) in [5.74, 6) is -0.987. The monoisotopic (exact) mass is 238 g/mol. The molecule has 1 rings (SSSR count). The third-order valence-electron chi connectivity index (χ3n) is 1.94. The summed E-state index contributed by atoms with van der Waals surface area (Å²) >= 11 is 5.79. The summed E-state index contributed by atoms with van der Waals surface area (Å²) in [5.41, 5.74) is 0.688. The van der Waals surface area contributed by atoms with E-state index in [2.05, 4.69) is 4.74 Å². The predicted octanol–water partition coefficient (Wildman–Crippen LogP) is 2.49. The van der Waals surface area contributed by atoms with E-state index in [9.17, 15) is 9.59 Å². The van der Waals surface area contributed by atoms with E-state index in [1.807, 2.05) is 0 Å². The maximum Gasteiger partial charge on any atom is 0.341 e. The molecule has 4 heteroatoms. The second kappa shape index (κ2) is 5.47. The van der Waals surface area contributed by atoms with Crippen LogP contribution in [-0.2, 0) is 14.3 Å². The van der Waals surface area contributed by atoms with Crippen molar-refractivity contribution in [1.82, 2.24) is 0 Å². The van der Waals surface area contributed by atoms with E-state index in [4.69, 9.17) is 11.6 Å². The van der Waals surface area contributed by atoms with Crippen molar-refractivity contribution in [3.05, 3.63) is 40.4 Å². The summed E-state index contributed by atoms with van der Waals surface area (Å²) in [6.07, 6.45) is 1.46. The number of hydrogen-bond donors (Lipinski definition) is 0. The van der Waals surface area contributed by atoms with Gasteiger partial charge in [-0.05, 0) is 30.7 Å². The van der Waals surface area contributed by atoms with Crippen molar-refractivity contribution in [2.45, 2.75) is 6.92 Å². The van der Waals surface area contributed by atoms with Gasteiger partial charge >= 0.3 is 5.97 Å². The van der Waals surface area contributed by atoms with Gasteiger partial charge in [0, 0.05) is 5.02 Å². The number of ether oxygens (including phenoxy) is 1. The molecule has 84 valence electrons. The van der Waals surface area contributed by atoms with E-state index < -0.39 is 5.97 Å². The second-order valence-electron chi connectivity index (χ2n) is 3.16. The SMILES string of the molecule is COC(=O)C(=Cc1cccc(Cl)c1)C(C)=O. The Bertz CT molecular complexity index is 449. The highest BCUT2D eigenvalue weighted by atomic mass is 35.5. The first-order valence-corrected chi connectivity index (χ1v) is 4.99. The Hall–Kier alpha value is -1.61. The summed E-state index contributed by atoms with van der Waals surface area (Å²) in [6, 6.07) is 6.86. The highest BCUT2D eigenvalue weighted by Crippen LogP contribution is 2.14. The Labute approximate surface area is 98.7 Å². The molecule has 0 spiro atoms. The van der Waals surface area contributed by atoms with Gasteiger partial charge in [-0.1, -0.05) is 23.7 Å². The highest BCUT2D eigenvalue weighted by molar-refractivity contribution is 6.30. The first-order chi connectivity index (χ1) is 7.54. The Kier molecular flexibility index (Phi) is 4.26. The molecule has 0 aliphatic carbocycles. The van der Waals surface area contributed by atoms with E-state index in [1.165, 1.54) is 20.1 Å². The van der Waals surface area contributed by atoms with Gasteiger partial charge in [0.05, 0.1) is 7.11 Å². The van der Waals surface area contributed by atoms with Gasteiger partial charge in [0.15, 0.2) is 5.78 Å². The lowest BCUT2D eigenvalue weighted by Gasteiger charge is -2.01. The lowest BCUT2D eigenvalue weighted by atomic mass is 10.1. The molecule has 0 unspecified atom stereocenters. The van der Waals surface area contributed by atoms with Gasteiger partial charge in [-0.3, -0.25) is 4.79 Å². The standard InChI is InChI=1S/C12H11ClO3/c1-8(14)11(12(15)16-2)7-9-4-3-5-10(13)6-9/h3-7H,1-2H3. The molecule has 0 heterocycles. The van der Waals surface area contributed by atoms with E-state index >= 15 is 0 Å². The maximum absolute atomic E-state index is 11.3. The lowest BCUT2D eigenvalue weighted by Crippen LogP contribution is -2.11. The van der Waals surface area contributed by atoms with Crippen molar-refractivity contribution in [1.29, 1.82) is 0 Å². The maximum atomic E-state index is 11.3. The molecule has 0 aliphatic heterocycles. The van der Waals surface area contributed by atoms with Crippen LogP contribution in [0.5, 0.6) is 0 Å². The molecule has 0 aliphatic rings. The summed E-state index contributed by atoms with van der Waals surface area (Å²) in [5, 5.41) is 0.543. The van der Waals surface area contributed by atoms with Gasteiger partial charge in [0.1, 0.15) is 5.57 Å². The molecule has 0 fully saturated rings. The number of methoxy groups -OCH3 is 1. The molecule has 1 aromatic rings. The van der Waals surface area contributed by atoms with E-state index in [-0.39, 0.29) is 11.4 Å². The number of carbonyl (C=O) groups is 2. The summed E-state index contributed by atoms with van der Waals surface area (Å²) in [7, 11) is 1.23. The van der Waals surface area contributed by atoms with Crippen LogP contribution in [0, 0.1) is 0 Å². The van der Waals surface area contributed by atoms with E-state index in [1.54, 1.807) is 24.3 Å². The molecule has 16 heavy (non-hydrogen) atoms. The fraction of sp³-hybridized carbons (Fsp3) is 0.167. The molecule has 0 saturated heterocycles. The van der Waals surface area contributed by atoms with Gasteiger partial charge in [0.2, 0.25) is 0 Å². The second-order valence-corrected chi connectivity index (χ2v) is 3.60. The molecule has 0 aromatic heterocycles. The molecular weight excluding hydrogens is 228 g/mol. The van der Waals surface area contributed by atoms with Crippen LogP contribution in [0.4, 0.5) is 0 Å². The zero-order chi connectivity index (χ0) is 12.1. The molecule has 0 bridgehead atoms. The first-order valence-electron chi connectivity index (χ1n) is 4.61. The fourth-order valence-corrected chi connectivity index (χ4v) is 1.38. The number of Topliss-reactive ketones (excluding diaryl/α,β-unsaturated/α-hetero) is 1. The van der Waals surface area contributed by atoms with Crippen LogP contribution in [0.1, 0.15) is 12.5 Å². The van der Waals surface area contributed by atoms with Crippen LogP contribution < -0.4 is 0 Å². The Morgan fingerprint density at radius 1 is 1.38 bits per heavy atom. The minimum Gasteiger partial charge on any atom is -0.465 e. The van der Waals surface area contributed by atoms with Crippen molar-refractivity contribution in [3.8, 4) is 0 Å². The Balaban J connectivity index is 3.12.